The zero-order valence-electron chi connectivity index (χ0n) is 10.6. The summed E-state index contributed by atoms with van der Waals surface area (Å²) >= 11 is 1.19. The van der Waals surface area contributed by atoms with Crippen molar-refractivity contribution < 1.29 is 9.53 Å². The van der Waals surface area contributed by atoms with Crippen LogP contribution in [0.2, 0.25) is 0 Å². The van der Waals surface area contributed by atoms with E-state index in [0.29, 0.717) is 29.4 Å². The minimum Gasteiger partial charge on any atom is -0.383 e. The van der Waals surface area contributed by atoms with E-state index in [1.807, 2.05) is 0 Å². The van der Waals surface area contributed by atoms with Crippen molar-refractivity contribution in [2.75, 3.05) is 25.6 Å². The van der Waals surface area contributed by atoms with Crippen LogP contribution in [0.5, 0.6) is 0 Å². The van der Waals surface area contributed by atoms with Gasteiger partial charge in [-0.15, -0.1) is 0 Å². The first-order valence-electron chi connectivity index (χ1n) is 5.49. The molecule has 0 bridgehead atoms. The summed E-state index contributed by atoms with van der Waals surface area (Å²) in [7, 11) is 1.58. The lowest BCUT2D eigenvalue weighted by atomic mass is 10.2. The molecule has 1 unspecified atom stereocenters. The van der Waals surface area contributed by atoms with E-state index in [4.69, 9.17) is 10.00 Å². The molecule has 1 aromatic heterocycles. The molecule has 0 aliphatic heterocycles. The van der Waals surface area contributed by atoms with Crippen LogP contribution >= 0.6 is 11.5 Å². The molecule has 2 N–H and O–H groups in total. The van der Waals surface area contributed by atoms with Gasteiger partial charge in [0.05, 0.1) is 12.3 Å². The fourth-order valence-corrected chi connectivity index (χ4v) is 2.13. The molecule has 18 heavy (non-hydrogen) atoms. The number of carbonyl (C=O) groups excluding carboxylic acids is 1. The Kier molecular flexibility index (Phi) is 5.55. The van der Waals surface area contributed by atoms with Gasteiger partial charge in [0.2, 0.25) is 5.91 Å². The molecule has 0 aliphatic carbocycles. The smallest absolute Gasteiger partial charge is 0.242 e. The van der Waals surface area contributed by atoms with E-state index < -0.39 is 6.04 Å². The average molecular weight is 268 g/mol. The summed E-state index contributed by atoms with van der Waals surface area (Å²) in [6.07, 6.45) is 0. The molecule has 1 amide bonds. The number of rotatable bonds is 6. The predicted molar refractivity (Wildman–Crippen MR) is 69.5 cm³/mol. The highest BCUT2D eigenvalue weighted by Crippen LogP contribution is 2.23. The zero-order chi connectivity index (χ0) is 13.5. The first-order chi connectivity index (χ1) is 8.60. The normalized spacial score (nSPS) is 11.7. The first kappa shape index (κ1) is 14.4. The highest BCUT2D eigenvalue weighted by atomic mass is 32.1. The van der Waals surface area contributed by atoms with Crippen molar-refractivity contribution in [3.8, 4) is 6.07 Å². The van der Waals surface area contributed by atoms with Gasteiger partial charge in [0.1, 0.15) is 22.7 Å². The van der Waals surface area contributed by atoms with Crippen LogP contribution in [0.1, 0.15) is 18.2 Å². The van der Waals surface area contributed by atoms with Gasteiger partial charge in [-0.25, -0.2) is 0 Å². The van der Waals surface area contributed by atoms with E-state index in [1.54, 1.807) is 21.0 Å². The van der Waals surface area contributed by atoms with Crippen LogP contribution in [0.25, 0.3) is 0 Å². The Morgan fingerprint density at radius 1 is 1.67 bits per heavy atom. The Balaban J connectivity index is 2.56. The Hall–Kier alpha value is -1.65. The van der Waals surface area contributed by atoms with Gasteiger partial charge in [-0.1, -0.05) is 0 Å². The number of aromatic nitrogens is 1. The number of nitrogens with one attached hydrogen (secondary N) is 2. The minimum atomic E-state index is -0.422. The second-order valence-corrected chi connectivity index (χ2v) is 4.51. The van der Waals surface area contributed by atoms with Gasteiger partial charge >= 0.3 is 0 Å². The molecule has 1 heterocycles. The Labute approximate surface area is 110 Å². The summed E-state index contributed by atoms with van der Waals surface area (Å²) in [4.78, 5) is 11.7. The number of ether oxygens (including phenoxy) is 1. The van der Waals surface area contributed by atoms with Crippen molar-refractivity contribution in [1.82, 2.24) is 9.69 Å². The Morgan fingerprint density at radius 2 is 2.39 bits per heavy atom. The number of amides is 1. The minimum absolute atomic E-state index is 0.137. The third-order valence-corrected chi connectivity index (χ3v) is 3.19. The monoisotopic (exact) mass is 268 g/mol. The maximum Gasteiger partial charge on any atom is 0.242 e. The molecule has 0 saturated carbocycles. The lowest BCUT2D eigenvalue weighted by Gasteiger charge is -2.13. The fraction of sp³-hybridized carbons (Fsp3) is 0.545. The Morgan fingerprint density at radius 3 is 3.00 bits per heavy atom. The van der Waals surface area contributed by atoms with Crippen molar-refractivity contribution in [3.63, 3.8) is 0 Å². The van der Waals surface area contributed by atoms with E-state index in [9.17, 15) is 4.79 Å². The SMILES string of the molecule is COCCNC(=O)C(C)Nc1snc(C)c1C#N. The molecule has 0 aliphatic rings. The first-order valence-corrected chi connectivity index (χ1v) is 6.27. The van der Waals surface area contributed by atoms with E-state index in [1.165, 1.54) is 11.5 Å². The van der Waals surface area contributed by atoms with Crippen LogP contribution < -0.4 is 10.6 Å². The highest BCUT2D eigenvalue weighted by Gasteiger charge is 2.16. The molecule has 7 heteroatoms. The van der Waals surface area contributed by atoms with E-state index in [-0.39, 0.29) is 5.91 Å². The molecule has 1 atom stereocenters. The second kappa shape index (κ2) is 6.93. The molecule has 6 nitrogen and oxygen atoms in total. The standard InChI is InChI=1S/C11H16N4O2S/c1-7-9(6-12)11(18-15-7)14-8(2)10(16)13-4-5-17-3/h8,14H,4-5H2,1-3H3,(H,13,16). The molecule has 98 valence electrons. The van der Waals surface area contributed by atoms with Crippen LogP contribution in [0, 0.1) is 18.3 Å². The highest BCUT2D eigenvalue weighted by molar-refractivity contribution is 7.10. The van der Waals surface area contributed by atoms with Crippen LogP contribution in [0.4, 0.5) is 5.00 Å². The van der Waals surface area contributed by atoms with Crippen molar-refractivity contribution >= 4 is 22.4 Å². The number of methoxy groups -OCH3 is 1. The summed E-state index contributed by atoms with van der Waals surface area (Å²) in [5.41, 5.74) is 1.17. The van der Waals surface area contributed by atoms with Crippen molar-refractivity contribution in [1.29, 1.82) is 5.26 Å². The fourth-order valence-electron chi connectivity index (χ4n) is 1.29. The summed E-state index contributed by atoms with van der Waals surface area (Å²) in [5, 5.41) is 15.3. The van der Waals surface area contributed by atoms with Crippen LogP contribution in [0.15, 0.2) is 0 Å². The summed E-state index contributed by atoms with van der Waals surface area (Å²) in [5.74, 6) is -0.137. The maximum atomic E-state index is 11.7. The van der Waals surface area contributed by atoms with Crippen molar-refractivity contribution in [3.05, 3.63) is 11.3 Å². The van der Waals surface area contributed by atoms with Crippen LogP contribution in [-0.4, -0.2) is 36.6 Å². The van der Waals surface area contributed by atoms with Gasteiger partial charge < -0.3 is 15.4 Å². The summed E-state index contributed by atoms with van der Waals surface area (Å²) in [6, 6.07) is 1.65. The quantitative estimate of drug-likeness (QED) is 0.748. The molecule has 0 spiro atoms. The van der Waals surface area contributed by atoms with Gasteiger partial charge in [0, 0.05) is 13.7 Å². The van der Waals surface area contributed by atoms with Gasteiger partial charge in [0.15, 0.2) is 0 Å². The summed E-state index contributed by atoms with van der Waals surface area (Å²) < 4.78 is 8.92. The van der Waals surface area contributed by atoms with Gasteiger partial charge in [-0.2, -0.15) is 9.64 Å². The molecule has 1 aromatic rings. The zero-order valence-corrected chi connectivity index (χ0v) is 11.4. The van der Waals surface area contributed by atoms with Crippen molar-refractivity contribution in [2.24, 2.45) is 0 Å². The number of nitrogens with zero attached hydrogens (tertiary/aromatic N) is 2. The average Bonchev–Trinajstić information content (AvgIpc) is 2.69. The summed E-state index contributed by atoms with van der Waals surface area (Å²) in [6.45, 7) is 4.44. The third-order valence-electron chi connectivity index (χ3n) is 2.32. The van der Waals surface area contributed by atoms with Gasteiger partial charge in [-0.05, 0) is 25.4 Å². The predicted octanol–water partition coefficient (Wildman–Crippen LogP) is 0.886. The number of hydrogen-bond donors (Lipinski definition) is 2. The number of anilines is 1. The number of carbonyl (C=O) groups is 1. The topological polar surface area (TPSA) is 87.0 Å². The van der Waals surface area contributed by atoms with Gasteiger partial charge in [0.25, 0.3) is 0 Å². The molecule has 0 aromatic carbocycles. The van der Waals surface area contributed by atoms with E-state index in [0.717, 1.165) is 0 Å². The van der Waals surface area contributed by atoms with E-state index >= 15 is 0 Å². The molecule has 0 saturated heterocycles. The van der Waals surface area contributed by atoms with Crippen LogP contribution in [-0.2, 0) is 9.53 Å². The third kappa shape index (κ3) is 3.68. The molecular weight excluding hydrogens is 252 g/mol. The van der Waals surface area contributed by atoms with Gasteiger partial charge in [-0.3, -0.25) is 4.79 Å². The molecule has 1 rings (SSSR count). The lowest BCUT2D eigenvalue weighted by molar-refractivity contribution is -0.121. The van der Waals surface area contributed by atoms with Crippen molar-refractivity contribution in [2.45, 2.75) is 19.9 Å². The number of hydrogen-bond acceptors (Lipinski definition) is 6. The number of aryl methyl sites for hydroxylation is 1. The molecule has 0 fully saturated rings. The molecule has 0 radical (unpaired) electrons. The van der Waals surface area contributed by atoms with E-state index in [2.05, 4.69) is 21.1 Å². The molecular formula is C11H16N4O2S. The largest absolute Gasteiger partial charge is 0.383 e. The van der Waals surface area contributed by atoms with Crippen LogP contribution in [0.3, 0.4) is 0 Å². The number of nitriles is 1. The lowest BCUT2D eigenvalue weighted by Crippen LogP contribution is -2.39. The maximum absolute atomic E-state index is 11.7. The Bertz CT molecular complexity index is 452. The second-order valence-electron chi connectivity index (χ2n) is 3.73.